The maximum atomic E-state index is 6.54. The van der Waals surface area contributed by atoms with Crippen molar-refractivity contribution in [3.05, 3.63) is 58.4 Å². The number of allylic oxidation sites excluding steroid dienone is 1. The van der Waals surface area contributed by atoms with E-state index < -0.39 is 0 Å². The average molecular weight is 343 g/mol. The third kappa shape index (κ3) is 3.70. The summed E-state index contributed by atoms with van der Waals surface area (Å²) in [6.45, 7) is 10.4. The summed E-state index contributed by atoms with van der Waals surface area (Å²) in [7, 11) is 0. The molecule has 0 unspecified atom stereocenters. The SMILES string of the molecule is C=N/N=C(/c1cccc(C)c1Cl)N(/C=C1/CCC(=C)NC1)C1CC1. The molecule has 24 heavy (non-hydrogen) atoms. The van der Waals surface area contributed by atoms with Gasteiger partial charge in [-0.1, -0.05) is 30.3 Å². The van der Waals surface area contributed by atoms with Crippen LogP contribution in [0.2, 0.25) is 5.02 Å². The van der Waals surface area contributed by atoms with Crippen LogP contribution in [-0.4, -0.2) is 30.0 Å². The van der Waals surface area contributed by atoms with Crippen LogP contribution in [0.1, 0.15) is 36.8 Å². The Labute approximate surface area is 148 Å². The lowest BCUT2D eigenvalue weighted by Crippen LogP contribution is -2.31. The molecule has 1 N–H and O–H groups in total. The predicted octanol–water partition coefficient (Wildman–Crippen LogP) is 4.26. The molecule has 1 aliphatic carbocycles. The summed E-state index contributed by atoms with van der Waals surface area (Å²) in [6.07, 6.45) is 6.51. The molecule has 126 valence electrons. The highest BCUT2D eigenvalue weighted by Gasteiger charge is 2.32. The lowest BCUT2D eigenvalue weighted by Gasteiger charge is -2.26. The number of piperidine rings is 1. The summed E-state index contributed by atoms with van der Waals surface area (Å²) in [4.78, 5) is 2.22. The molecule has 1 heterocycles. The molecule has 1 aromatic carbocycles. The van der Waals surface area contributed by atoms with Gasteiger partial charge in [0, 0.05) is 36.8 Å². The Balaban J connectivity index is 1.96. The number of halogens is 1. The average Bonchev–Trinajstić information content (AvgIpc) is 3.40. The molecule has 0 bridgehead atoms. The predicted molar refractivity (Wildman–Crippen MR) is 102 cm³/mol. The van der Waals surface area contributed by atoms with Crippen molar-refractivity contribution >= 4 is 24.2 Å². The van der Waals surface area contributed by atoms with Gasteiger partial charge in [-0.3, -0.25) is 0 Å². The molecule has 1 aliphatic heterocycles. The zero-order valence-electron chi connectivity index (χ0n) is 14.1. The van der Waals surface area contributed by atoms with Crippen LogP contribution in [0.4, 0.5) is 0 Å². The van der Waals surface area contributed by atoms with Crippen LogP contribution in [0.3, 0.4) is 0 Å². The van der Waals surface area contributed by atoms with Crippen LogP contribution < -0.4 is 5.32 Å². The molecule has 0 radical (unpaired) electrons. The lowest BCUT2D eigenvalue weighted by molar-refractivity contribution is 0.530. The molecule has 0 amide bonds. The van der Waals surface area contributed by atoms with Crippen molar-refractivity contribution in [1.29, 1.82) is 0 Å². The van der Waals surface area contributed by atoms with Crippen molar-refractivity contribution in [2.24, 2.45) is 10.2 Å². The number of benzene rings is 1. The first-order valence-electron chi connectivity index (χ1n) is 8.29. The molecule has 0 atom stereocenters. The van der Waals surface area contributed by atoms with Crippen LogP contribution in [0.5, 0.6) is 0 Å². The van der Waals surface area contributed by atoms with Crippen LogP contribution >= 0.6 is 11.6 Å². The zero-order valence-corrected chi connectivity index (χ0v) is 14.8. The van der Waals surface area contributed by atoms with Crippen LogP contribution in [0, 0.1) is 6.92 Å². The molecule has 4 nitrogen and oxygen atoms in total. The maximum absolute atomic E-state index is 6.54. The standard InChI is InChI=1S/C19H23ClN4/c1-13-5-4-6-17(18(13)20)19(23-21-3)24(16-9-10-16)12-15-8-7-14(2)22-11-15/h4-6,12,16,22H,2-3,7-11H2,1H3/b15-12-,23-19-. The fraction of sp³-hybridized carbons (Fsp3) is 0.368. The summed E-state index contributed by atoms with van der Waals surface area (Å²) in [5, 5.41) is 12.2. The van der Waals surface area contributed by atoms with Crippen molar-refractivity contribution < 1.29 is 0 Å². The molecule has 3 rings (SSSR count). The Bertz CT molecular complexity index is 704. The normalized spacial score (nSPS) is 20.0. The highest BCUT2D eigenvalue weighted by Crippen LogP contribution is 2.32. The van der Waals surface area contributed by atoms with Gasteiger partial charge in [-0.05, 0) is 49.8 Å². The first-order valence-corrected chi connectivity index (χ1v) is 8.66. The van der Waals surface area contributed by atoms with Crippen LogP contribution in [-0.2, 0) is 0 Å². The quantitative estimate of drug-likeness (QED) is 0.504. The third-order valence-corrected chi connectivity index (χ3v) is 4.92. The monoisotopic (exact) mass is 342 g/mol. The van der Waals surface area contributed by atoms with Gasteiger partial charge in [0.25, 0.3) is 0 Å². The van der Waals surface area contributed by atoms with Gasteiger partial charge in [-0.15, -0.1) is 5.10 Å². The Morgan fingerprint density at radius 2 is 2.17 bits per heavy atom. The number of amidine groups is 1. The van der Waals surface area contributed by atoms with E-state index in [2.05, 4.69) is 39.9 Å². The topological polar surface area (TPSA) is 40.0 Å². The molecule has 1 aromatic rings. The maximum Gasteiger partial charge on any atom is 0.164 e. The number of rotatable bonds is 4. The smallest absolute Gasteiger partial charge is 0.164 e. The Hall–Kier alpha value is -2.07. The van der Waals surface area contributed by atoms with E-state index in [-0.39, 0.29) is 0 Å². The molecular formula is C19H23ClN4. The van der Waals surface area contributed by atoms with E-state index in [1.807, 2.05) is 25.1 Å². The summed E-state index contributed by atoms with van der Waals surface area (Å²) in [6, 6.07) is 6.45. The van der Waals surface area contributed by atoms with E-state index in [1.165, 1.54) is 5.57 Å². The van der Waals surface area contributed by atoms with Gasteiger partial charge in [-0.2, -0.15) is 5.10 Å². The Morgan fingerprint density at radius 3 is 2.79 bits per heavy atom. The second-order valence-electron chi connectivity index (χ2n) is 6.38. The van der Waals surface area contributed by atoms with Gasteiger partial charge >= 0.3 is 0 Å². The highest BCUT2D eigenvalue weighted by molar-refractivity contribution is 6.34. The lowest BCUT2D eigenvalue weighted by atomic mass is 10.0. The van der Waals surface area contributed by atoms with Crippen LogP contribution in [0.25, 0.3) is 0 Å². The number of nitrogens with one attached hydrogen (secondary N) is 1. The minimum absolute atomic E-state index is 0.458. The van der Waals surface area contributed by atoms with Crippen molar-refractivity contribution in [2.45, 2.75) is 38.6 Å². The van der Waals surface area contributed by atoms with Gasteiger partial charge < -0.3 is 10.2 Å². The first-order chi connectivity index (χ1) is 11.6. The first kappa shape index (κ1) is 16.8. The number of hydrogen-bond donors (Lipinski definition) is 1. The zero-order chi connectivity index (χ0) is 17.1. The minimum atomic E-state index is 0.458. The highest BCUT2D eigenvalue weighted by atomic mass is 35.5. The Kier molecular flexibility index (Phi) is 5.05. The van der Waals surface area contributed by atoms with Crippen molar-refractivity contribution in [1.82, 2.24) is 10.2 Å². The number of nitrogens with zero attached hydrogens (tertiary/aromatic N) is 3. The molecule has 0 aromatic heterocycles. The van der Waals surface area contributed by atoms with E-state index in [1.54, 1.807) is 0 Å². The van der Waals surface area contributed by atoms with E-state index in [4.69, 9.17) is 11.6 Å². The van der Waals surface area contributed by atoms with E-state index in [0.717, 1.165) is 59.9 Å². The van der Waals surface area contributed by atoms with E-state index in [9.17, 15) is 0 Å². The summed E-state index contributed by atoms with van der Waals surface area (Å²) < 4.78 is 0. The van der Waals surface area contributed by atoms with Gasteiger partial charge in [0.15, 0.2) is 5.84 Å². The van der Waals surface area contributed by atoms with Gasteiger partial charge in [0.2, 0.25) is 0 Å². The minimum Gasteiger partial charge on any atom is -0.385 e. The van der Waals surface area contributed by atoms with Gasteiger partial charge in [0.1, 0.15) is 0 Å². The fourth-order valence-corrected chi connectivity index (χ4v) is 3.07. The largest absolute Gasteiger partial charge is 0.385 e. The molecule has 1 saturated heterocycles. The van der Waals surface area contributed by atoms with Crippen molar-refractivity contribution in [3.8, 4) is 0 Å². The summed E-state index contributed by atoms with van der Waals surface area (Å²) in [5.74, 6) is 0.776. The number of hydrogen-bond acceptors (Lipinski definition) is 3. The number of aryl methyl sites for hydroxylation is 1. The van der Waals surface area contributed by atoms with E-state index >= 15 is 0 Å². The summed E-state index contributed by atoms with van der Waals surface area (Å²) in [5.41, 5.74) is 4.38. The second-order valence-corrected chi connectivity index (χ2v) is 6.76. The Morgan fingerprint density at radius 1 is 1.38 bits per heavy atom. The third-order valence-electron chi connectivity index (χ3n) is 4.42. The van der Waals surface area contributed by atoms with Crippen molar-refractivity contribution in [3.63, 3.8) is 0 Å². The molecule has 2 aliphatic rings. The molecular weight excluding hydrogens is 320 g/mol. The summed E-state index contributed by atoms with van der Waals surface area (Å²) >= 11 is 6.54. The van der Waals surface area contributed by atoms with Gasteiger partial charge in [0.05, 0.1) is 5.02 Å². The molecule has 5 heteroatoms. The van der Waals surface area contributed by atoms with Gasteiger partial charge in [-0.25, -0.2) is 0 Å². The van der Waals surface area contributed by atoms with E-state index in [0.29, 0.717) is 6.04 Å². The second kappa shape index (κ2) is 7.22. The van der Waals surface area contributed by atoms with Crippen LogP contribution in [0.15, 0.2) is 52.5 Å². The molecule has 0 spiro atoms. The molecule has 1 saturated carbocycles. The fourth-order valence-electron chi connectivity index (χ4n) is 2.86. The molecule has 2 fully saturated rings. The van der Waals surface area contributed by atoms with Crippen molar-refractivity contribution in [2.75, 3.05) is 6.54 Å².